The maximum absolute atomic E-state index is 12.1. The maximum Gasteiger partial charge on any atom is 0.307 e. The van der Waals surface area contributed by atoms with Crippen LogP contribution < -0.4 is 10.6 Å². The van der Waals surface area contributed by atoms with Crippen LogP contribution in [0.3, 0.4) is 0 Å². The van der Waals surface area contributed by atoms with Crippen molar-refractivity contribution in [3.05, 3.63) is 58.5 Å². The maximum atomic E-state index is 12.1. The Hall–Kier alpha value is -2.61. The van der Waals surface area contributed by atoms with Gasteiger partial charge in [0, 0.05) is 0 Å². The molecule has 2 N–H and O–H groups in total. The van der Waals surface area contributed by atoms with E-state index in [0.717, 1.165) is 5.56 Å². The summed E-state index contributed by atoms with van der Waals surface area (Å²) in [5.41, 5.74) is 0.766. The molecule has 7 nitrogen and oxygen atoms in total. The lowest BCUT2D eigenvalue weighted by Crippen LogP contribution is -2.39. The number of amides is 2. The standard InChI is InChI=1S/C17H17BrN2O5/c1-24-16(22)9-12(11-5-3-2-4-6-11)20-15(21)10-19-17(23)13-7-8-14(18)25-13/h2-8,12H,9-10H2,1H3,(H,19,23)(H,20,21). The summed E-state index contributed by atoms with van der Waals surface area (Å²) >= 11 is 3.10. The van der Waals surface area contributed by atoms with Gasteiger partial charge in [-0.1, -0.05) is 30.3 Å². The molecule has 1 heterocycles. The Bertz CT molecular complexity index is 745. The Morgan fingerprint density at radius 2 is 1.88 bits per heavy atom. The molecule has 0 aliphatic heterocycles. The van der Waals surface area contributed by atoms with Gasteiger partial charge in [0.25, 0.3) is 5.91 Å². The topological polar surface area (TPSA) is 97.6 Å². The molecule has 0 aliphatic rings. The van der Waals surface area contributed by atoms with Crippen molar-refractivity contribution in [1.29, 1.82) is 0 Å². The molecule has 0 saturated carbocycles. The van der Waals surface area contributed by atoms with Crippen LogP contribution in [0.15, 0.2) is 51.6 Å². The fraction of sp³-hybridized carbons (Fsp3) is 0.235. The van der Waals surface area contributed by atoms with E-state index >= 15 is 0 Å². The zero-order valence-electron chi connectivity index (χ0n) is 13.5. The lowest BCUT2D eigenvalue weighted by molar-refractivity contribution is -0.141. The number of carbonyl (C=O) groups is 3. The Labute approximate surface area is 152 Å². The first-order chi connectivity index (χ1) is 12.0. The van der Waals surface area contributed by atoms with Crippen LogP contribution in [-0.2, 0) is 14.3 Å². The molecule has 1 aromatic heterocycles. The summed E-state index contributed by atoms with van der Waals surface area (Å²) < 4.78 is 10.2. The summed E-state index contributed by atoms with van der Waals surface area (Å²) in [6, 6.07) is 11.6. The molecule has 0 fully saturated rings. The SMILES string of the molecule is COC(=O)CC(NC(=O)CNC(=O)c1ccc(Br)o1)c1ccccc1. The Morgan fingerprint density at radius 3 is 2.48 bits per heavy atom. The molecule has 1 unspecified atom stereocenters. The zero-order valence-corrected chi connectivity index (χ0v) is 15.0. The normalized spacial score (nSPS) is 11.4. The molecule has 0 spiro atoms. The molecule has 0 saturated heterocycles. The highest BCUT2D eigenvalue weighted by atomic mass is 79.9. The summed E-state index contributed by atoms with van der Waals surface area (Å²) in [5, 5.41) is 5.17. The van der Waals surface area contributed by atoms with Crippen molar-refractivity contribution < 1.29 is 23.5 Å². The number of ether oxygens (including phenoxy) is 1. The number of hydrogen-bond donors (Lipinski definition) is 2. The number of methoxy groups -OCH3 is 1. The fourth-order valence-electron chi connectivity index (χ4n) is 2.12. The van der Waals surface area contributed by atoms with E-state index < -0.39 is 23.8 Å². The number of esters is 1. The van der Waals surface area contributed by atoms with E-state index in [1.807, 2.05) is 18.2 Å². The number of halogens is 1. The highest BCUT2D eigenvalue weighted by Gasteiger charge is 2.19. The summed E-state index contributed by atoms with van der Waals surface area (Å²) in [6.07, 6.45) is -0.00860. The summed E-state index contributed by atoms with van der Waals surface area (Å²) in [4.78, 5) is 35.6. The molecule has 2 aromatic rings. The highest BCUT2D eigenvalue weighted by molar-refractivity contribution is 9.10. The van der Waals surface area contributed by atoms with Crippen LogP contribution in [0.25, 0.3) is 0 Å². The summed E-state index contributed by atoms with van der Waals surface area (Å²) in [7, 11) is 1.29. The molecule has 8 heteroatoms. The van der Waals surface area contributed by atoms with E-state index in [0.29, 0.717) is 4.67 Å². The summed E-state index contributed by atoms with van der Waals surface area (Å²) in [6.45, 7) is -0.248. The third-order valence-corrected chi connectivity index (χ3v) is 3.77. The third-order valence-electron chi connectivity index (χ3n) is 3.34. The lowest BCUT2D eigenvalue weighted by Gasteiger charge is -2.18. The van der Waals surface area contributed by atoms with E-state index in [1.165, 1.54) is 13.2 Å². The fourth-order valence-corrected chi connectivity index (χ4v) is 2.42. The van der Waals surface area contributed by atoms with Crippen molar-refractivity contribution in [2.45, 2.75) is 12.5 Å². The molecule has 1 aromatic carbocycles. The predicted octanol–water partition coefficient (Wildman–Crippen LogP) is 2.19. The van der Waals surface area contributed by atoms with E-state index in [-0.39, 0.29) is 18.7 Å². The second kappa shape index (κ2) is 9.03. The molecule has 25 heavy (non-hydrogen) atoms. The van der Waals surface area contributed by atoms with Crippen LogP contribution in [0, 0.1) is 0 Å². The first-order valence-corrected chi connectivity index (χ1v) is 8.23. The molecule has 2 amide bonds. The van der Waals surface area contributed by atoms with Crippen LogP contribution in [0.2, 0.25) is 0 Å². The number of carbonyl (C=O) groups excluding carboxylic acids is 3. The molecule has 0 aliphatic carbocycles. The van der Waals surface area contributed by atoms with Gasteiger partial charge >= 0.3 is 5.97 Å². The van der Waals surface area contributed by atoms with Gasteiger partial charge in [0.1, 0.15) is 0 Å². The second-order valence-corrected chi connectivity index (χ2v) is 5.88. The first-order valence-electron chi connectivity index (χ1n) is 7.44. The molecular weight excluding hydrogens is 392 g/mol. The van der Waals surface area contributed by atoms with Gasteiger partial charge in [-0.05, 0) is 33.6 Å². The molecule has 0 bridgehead atoms. The van der Waals surface area contributed by atoms with Crippen molar-refractivity contribution in [2.75, 3.05) is 13.7 Å². The van der Waals surface area contributed by atoms with Crippen molar-refractivity contribution in [1.82, 2.24) is 10.6 Å². The van der Waals surface area contributed by atoms with Crippen LogP contribution in [0.5, 0.6) is 0 Å². The molecule has 1 atom stereocenters. The highest BCUT2D eigenvalue weighted by Crippen LogP contribution is 2.17. The minimum atomic E-state index is -0.546. The summed E-state index contributed by atoms with van der Waals surface area (Å²) in [5.74, 6) is -1.30. The molecular formula is C17H17BrN2O5. The van der Waals surface area contributed by atoms with E-state index in [9.17, 15) is 14.4 Å². The van der Waals surface area contributed by atoms with Gasteiger partial charge in [0.05, 0.1) is 26.1 Å². The van der Waals surface area contributed by atoms with Gasteiger partial charge in [-0.2, -0.15) is 0 Å². The predicted molar refractivity (Wildman–Crippen MR) is 92.7 cm³/mol. The van der Waals surface area contributed by atoms with Gasteiger partial charge < -0.3 is 19.8 Å². The Morgan fingerprint density at radius 1 is 1.16 bits per heavy atom. The van der Waals surface area contributed by atoms with Gasteiger partial charge in [0.2, 0.25) is 5.91 Å². The van der Waals surface area contributed by atoms with Crippen LogP contribution in [0.4, 0.5) is 0 Å². The average Bonchev–Trinajstić information content (AvgIpc) is 3.06. The van der Waals surface area contributed by atoms with Crippen molar-refractivity contribution in [2.24, 2.45) is 0 Å². The van der Waals surface area contributed by atoms with Gasteiger partial charge in [0.15, 0.2) is 10.4 Å². The third kappa shape index (κ3) is 5.75. The van der Waals surface area contributed by atoms with Crippen molar-refractivity contribution >= 4 is 33.7 Å². The van der Waals surface area contributed by atoms with E-state index in [1.54, 1.807) is 18.2 Å². The zero-order chi connectivity index (χ0) is 18.2. The minimum absolute atomic E-state index is 0.00860. The Balaban J connectivity index is 1.94. The molecule has 0 radical (unpaired) electrons. The number of benzene rings is 1. The molecule has 2 rings (SSSR count). The van der Waals surface area contributed by atoms with E-state index in [2.05, 4.69) is 31.3 Å². The van der Waals surface area contributed by atoms with Crippen molar-refractivity contribution in [3.8, 4) is 0 Å². The smallest absolute Gasteiger partial charge is 0.307 e. The van der Waals surface area contributed by atoms with E-state index in [4.69, 9.17) is 4.42 Å². The number of rotatable bonds is 7. The van der Waals surface area contributed by atoms with Crippen LogP contribution in [-0.4, -0.2) is 31.4 Å². The van der Waals surface area contributed by atoms with Crippen LogP contribution >= 0.6 is 15.9 Å². The van der Waals surface area contributed by atoms with Gasteiger partial charge in [-0.25, -0.2) is 0 Å². The number of furan rings is 1. The van der Waals surface area contributed by atoms with Crippen molar-refractivity contribution in [3.63, 3.8) is 0 Å². The van der Waals surface area contributed by atoms with Gasteiger partial charge in [-0.15, -0.1) is 0 Å². The largest absolute Gasteiger partial charge is 0.469 e. The Kier molecular flexibility index (Phi) is 6.76. The molecule has 132 valence electrons. The van der Waals surface area contributed by atoms with Crippen LogP contribution in [0.1, 0.15) is 28.6 Å². The quantitative estimate of drug-likeness (QED) is 0.684. The monoisotopic (exact) mass is 408 g/mol. The number of nitrogens with one attached hydrogen (secondary N) is 2. The first kappa shape index (κ1) is 18.7. The minimum Gasteiger partial charge on any atom is -0.469 e. The average molecular weight is 409 g/mol. The number of hydrogen-bond acceptors (Lipinski definition) is 5. The van der Waals surface area contributed by atoms with Gasteiger partial charge in [-0.3, -0.25) is 14.4 Å². The second-order valence-electron chi connectivity index (χ2n) is 5.10. The lowest BCUT2D eigenvalue weighted by atomic mass is 10.0.